The highest BCUT2D eigenvalue weighted by Crippen LogP contribution is 2.32. The van der Waals surface area contributed by atoms with E-state index < -0.39 is 6.10 Å². The van der Waals surface area contributed by atoms with E-state index in [0.717, 1.165) is 5.56 Å². The van der Waals surface area contributed by atoms with Crippen molar-refractivity contribution in [2.45, 2.75) is 20.0 Å². The molecule has 0 spiro atoms. The van der Waals surface area contributed by atoms with Gasteiger partial charge in [0.05, 0.1) is 5.69 Å². The number of aryl methyl sites for hydroxylation is 1. The lowest BCUT2D eigenvalue weighted by Crippen LogP contribution is -2.34. The van der Waals surface area contributed by atoms with Crippen LogP contribution in [0.3, 0.4) is 0 Å². The molecule has 0 aliphatic carbocycles. The Balaban J connectivity index is 1.70. The molecule has 1 aliphatic heterocycles. The Labute approximate surface area is 133 Å². The fourth-order valence-electron chi connectivity index (χ4n) is 2.30. The van der Waals surface area contributed by atoms with Crippen molar-refractivity contribution in [2.75, 3.05) is 16.0 Å². The largest absolute Gasteiger partial charge is 0.479 e. The Kier molecular flexibility index (Phi) is 3.89. The predicted molar refractivity (Wildman–Crippen MR) is 89.0 cm³/mol. The van der Waals surface area contributed by atoms with Crippen LogP contribution in [0.4, 0.5) is 21.9 Å². The van der Waals surface area contributed by atoms with Gasteiger partial charge in [0.2, 0.25) is 0 Å². The maximum absolute atomic E-state index is 12.0. The van der Waals surface area contributed by atoms with Gasteiger partial charge in [-0.2, -0.15) is 0 Å². The van der Waals surface area contributed by atoms with Gasteiger partial charge in [-0.1, -0.05) is 12.1 Å². The SMILES string of the molecule is Cc1cccc(NC(=O)Nc2ccc3c(c2)NC(=O)[C@@H](C)O3)c1. The van der Waals surface area contributed by atoms with Crippen LogP contribution in [0.15, 0.2) is 42.5 Å². The van der Waals surface area contributed by atoms with E-state index in [9.17, 15) is 9.59 Å². The number of fused-ring (bicyclic) bond motifs is 1. The average molecular weight is 311 g/mol. The molecule has 1 aliphatic rings. The van der Waals surface area contributed by atoms with Crippen LogP contribution >= 0.6 is 0 Å². The Morgan fingerprint density at radius 3 is 2.61 bits per heavy atom. The Morgan fingerprint density at radius 1 is 1.13 bits per heavy atom. The van der Waals surface area contributed by atoms with E-state index in [4.69, 9.17) is 4.74 Å². The highest BCUT2D eigenvalue weighted by molar-refractivity contribution is 6.02. The highest BCUT2D eigenvalue weighted by atomic mass is 16.5. The van der Waals surface area contributed by atoms with Gasteiger partial charge in [0.1, 0.15) is 5.75 Å². The molecule has 6 heteroatoms. The van der Waals surface area contributed by atoms with Crippen LogP contribution < -0.4 is 20.7 Å². The van der Waals surface area contributed by atoms with E-state index >= 15 is 0 Å². The Hall–Kier alpha value is -3.02. The summed E-state index contributed by atoms with van der Waals surface area (Å²) in [6.45, 7) is 3.63. The Morgan fingerprint density at radius 2 is 1.87 bits per heavy atom. The van der Waals surface area contributed by atoms with Crippen molar-refractivity contribution in [3.63, 3.8) is 0 Å². The first-order valence-corrected chi connectivity index (χ1v) is 7.27. The molecule has 0 bridgehead atoms. The predicted octanol–water partition coefficient (Wildman–Crippen LogP) is 3.36. The number of urea groups is 1. The third-order valence-electron chi connectivity index (χ3n) is 3.44. The van der Waals surface area contributed by atoms with Crippen LogP contribution in [0.1, 0.15) is 12.5 Å². The van der Waals surface area contributed by atoms with Crippen molar-refractivity contribution in [1.29, 1.82) is 0 Å². The van der Waals surface area contributed by atoms with Crippen molar-refractivity contribution in [3.8, 4) is 5.75 Å². The van der Waals surface area contributed by atoms with Crippen LogP contribution in [0.5, 0.6) is 5.75 Å². The first kappa shape index (κ1) is 14.9. The van der Waals surface area contributed by atoms with Gasteiger partial charge in [-0.05, 0) is 49.7 Å². The number of rotatable bonds is 2. The molecule has 1 atom stereocenters. The molecule has 2 aromatic rings. The van der Waals surface area contributed by atoms with E-state index in [2.05, 4.69) is 16.0 Å². The molecular weight excluding hydrogens is 294 g/mol. The monoisotopic (exact) mass is 311 g/mol. The second-order valence-electron chi connectivity index (χ2n) is 5.41. The maximum atomic E-state index is 12.0. The molecule has 1 heterocycles. The maximum Gasteiger partial charge on any atom is 0.323 e. The first-order chi connectivity index (χ1) is 11.0. The summed E-state index contributed by atoms with van der Waals surface area (Å²) in [7, 11) is 0. The summed E-state index contributed by atoms with van der Waals surface area (Å²) in [4.78, 5) is 23.7. The van der Waals surface area contributed by atoms with Gasteiger partial charge in [0, 0.05) is 11.4 Å². The molecule has 118 valence electrons. The second kappa shape index (κ2) is 6.00. The highest BCUT2D eigenvalue weighted by Gasteiger charge is 2.23. The molecule has 0 aromatic heterocycles. The number of benzene rings is 2. The number of amides is 3. The van der Waals surface area contributed by atoms with Crippen molar-refractivity contribution in [3.05, 3.63) is 48.0 Å². The number of hydrogen-bond acceptors (Lipinski definition) is 3. The molecule has 0 radical (unpaired) electrons. The molecule has 2 aromatic carbocycles. The quantitative estimate of drug-likeness (QED) is 0.795. The second-order valence-corrected chi connectivity index (χ2v) is 5.41. The number of ether oxygens (including phenoxy) is 1. The number of nitrogens with one attached hydrogen (secondary N) is 3. The van der Waals surface area contributed by atoms with Gasteiger partial charge in [-0.25, -0.2) is 4.79 Å². The lowest BCUT2D eigenvalue weighted by molar-refractivity contribution is -0.122. The summed E-state index contributed by atoms with van der Waals surface area (Å²) in [6, 6.07) is 12.3. The lowest BCUT2D eigenvalue weighted by Gasteiger charge is -2.23. The topological polar surface area (TPSA) is 79.5 Å². The van der Waals surface area contributed by atoms with Crippen LogP contribution in [0, 0.1) is 6.92 Å². The molecule has 0 saturated carbocycles. The summed E-state index contributed by atoms with van der Waals surface area (Å²) in [5.74, 6) is 0.376. The van der Waals surface area contributed by atoms with E-state index in [1.807, 2.05) is 31.2 Å². The molecule has 0 saturated heterocycles. The van der Waals surface area contributed by atoms with Crippen LogP contribution in [-0.2, 0) is 4.79 Å². The molecular formula is C17H17N3O3. The molecule has 3 N–H and O–H groups in total. The zero-order valence-electron chi connectivity index (χ0n) is 12.8. The van der Waals surface area contributed by atoms with Gasteiger partial charge < -0.3 is 20.7 Å². The zero-order valence-corrected chi connectivity index (χ0v) is 12.8. The molecule has 23 heavy (non-hydrogen) atoms. The molecule has 3 rings (SSSR count). The van der Waals surface area contributed by atoms with Crippen molar-refractivity contribution in [1.82, 2.24) is 0 Å². The minimum Gasteiger partial charge on any atom is -0.479 e. The normalized spacial score (nSPS) is 15.9. The van der Waals surface area contributed by atoms with Crippen molar-refractivity contribution >= 4 is 29.0 Å². The summed E-state index contributed by atoms with van der Waals surface area (Å²) >= 11 is 0. The van der Waals surface area contributed by atoms with E-state index in [0.29, 0.717) is 22.8 Å². The average Bonchev–Trinajstić information content (AvgIpc) is 2.48. The number of carbonyl (C=O) groups is 2. The number of hydrogen-bond donors (Lipinski definition) is 3. The summed E-state index contributed by atoms with van der Waals surface area (Å²) in [6.07, 6.45) is -0.522. The summed E-state index contributed by atoms with van der Waals surface area (Å²) < 4.78 is 5.47. The summed E-state index contributed by atoms with van der Waals surface area (Å²) in [5, 5.41) is 8.23. The van der Waals surface area contributed by atoms with Gasteiger partial charge in [-0.3, -0.25) is 4.79 Å². The first-order valence-electron chi connectivity index (χ1n) is 7.27. The van der Waals surface area contributed by atoms with Gasteiger partial charge in [-0.15, -0.1) is 0 Å². The number of carbonyl (C=O) groups excluding carboxylic acids is 2. The fourth-order valence-corrected chi connectivity index (χ4v) is 2.30. The zero-order chi connectivity index (χ0) is 16.4. The lowest BCUT2D eigenvalue weighted by atomic mass is 10.2. The fraction of sp³-hybridized carbons (Fsp3) is 0.176. The number of anilines is 3. The van der Waals surface area contributed by atoms with Crippen LogP contribution in [0.25, 0.3) is 0 Å². The molecule has 6 nitrogen and oxygen atoms in total. The third kappa shape index (κ3) is 3.42. The van der Waals surface area contributed by atoms with Gasteiger partial charge >= 0.3 is 6.03 Å². The summed E-state index contributed by atoms with van der Waals surface area (Å²) in [5.41, 5.74) is 2.88. The molecule has 0 unspecified atom stereocenters. The van der Waals surface area contributed by atoms with Crippen molar-refractivity contribution in [2.24, 2.45) is 0 Å². The third-order valence-corrected chi connectivity index (χ3v) is 3.44. The van der Waals surface area contributed by atoms with Crippen molar-refractivity contribution < 1.29 is 14.3 Å². The minimum absolute atomic E-state index is 0.209. The van der Waals surface area contributed by atoms with E-state index in [1.165, 1.54) is 0 Å². The van der Waals surface area contributed by atoms with Crippen LogP contribution in [-0.4, -0.2) is 18.0 Å². The molecule has 0 fully saturated rings. The van der Waals surface area contributed by atoms with Gasteiger partial charge in [0.25, 0.3) is 5.91 Å². The van der Waals surface area contributed by atoms with Gasteiger partial charge in [0.15, 0.2) is 6.10 Å². The standard InChI is InChI=1S/C17H17N3O3/c1-10-4-3-5-12(8-10)18-17(22)19-13-6-7-15-14(9-13)20-16(21)11(2)23-15/h3-9,11H,1-2H3,(H,20,21)(H2,18,19,22)/t11-/m1/s1. The van der Waals surface area contributed by atoms with Crippen LogP contribution in [0.2, 0.25) is 0 Å². The minimum atomic E-state index is -0.522. The smallest absolute Gasteiger partial charge is 0.323 e. The van der Waals surface area contributed by atoms with E-state index in [-0.39, 0.29) is 11.9 Å². The van der Waals surface area contributed by atoms with E-state index in [1.54, 1.807) is 25.1 Å². The molecule has 3 amide bonds. The Bertz CT molecular complexity index is 773.